The van der Waals surface area contributed by atoms with Gasteiger partial charge in [0, 0.05) is 12.4 Å². The van der Waals surface area contributed by atoms with E-state index in [0.717, 1.165) is 6.08 Å². The number of hydrogen-bond donors (Lipinski definition) is 3. The summed E-state index contributed by atoms with van der Waals surface area (Å²) in [6.07, 6.45) is 4.25. The fourth-order valence-corrected chi connectivity index (χ4v) is 0.412. The third-order valence-corrected chi connectivity index (χ3v) is 0.748. The second-order valence-electron chi connectivity index (χ2n) is 1.05. The van der Waals surface area contributed by atoms with Crippen LogP contribution in [0.3, 0.4) is 0 Å². The van der Waals surface area contributed by atoms with Gasteiger partial charge in [0.25, 0.3) is 0 Å². The van der Waals surface area contributed by atoms with E-state index >= 15 is 0 Å². The molecule has 3 N–H and O–H groups in total. The molecule has 0 aliphatic heterocycles. The Hall–Kier alpha value is -1.19. The molecule has 0 atom stereocenters. The number of hydrogen-bond acceptors (Lipinski definition) is 3. The minimum Gasteiger partial charge on any atom is -0.338 e. The maximum Gasteiger partial charge on any atom is 0.231 e. The van der Waals surface area contributed by atoms with E-state index in [2.05, 4.69) is 22.2 Å². The molecule has 0 aromatic carbocycles. The van der Waals surface area contributed by atoms with Crippen LogP contribution in [0.4, 0.5) is 0 Å². The first-order valence-electron chi connectivity index (χ1n) is 2.07. The van der Waals surface area contributed by atoms with Crippen molar-refractivity contribution >= 4 is 18.3 Å². The van der Waals surface area contributed by atoms with Crippen molar-refractivity contribution in [2.45, 2.75) is 0 Å². The van der Waals surface area contributed by atoms with Gasteiger partial charge in [-0.25, -0.2) is 10.2 Å². The summed E-state index contributed by atoms with van der Waals surface area (Å²) in [4.78, 5) is 13.9. The van der Waals surface area contributed by atoms with Crippen LogP contribution in [0.1, 0.15) is 0 Å². The molecule has 1 rings (SSSR count). The highest BCUT2D eigenvalue weighted by Gasteiger charge is 1.64. The number of isocyanates is 1. The highest BCUT2D eigenvalue weighted by Crippen LogP contribution is 1.72. The molecule has 5 heteroatoms. The third-order valence-electron chi connectivity index (χ3n) is 0.512. The van der Waals surface area contributed by atoms with Gasteiger partial charge >= 0.3 is 0 Å². The van der Waals surface area contributed by atoms with Gasteiger partial charge in [0.2, 0.25) is 6.08 Å². The molecule has 9 heavy (non-hydrogen) atoms. The predicted octanol–water partition coefficient (Wildman–Crippen LogP) is 0.973. The molecule has 0 radical (unpaired) electrons. The average Bonchev–Trinajstić information content (AvgIpc) is 2.20. The normalized spacial score (nSPS) is 6.67. The van der Waals surface area contributed by atoms with Crippen LogP contribution in [0.5, 0.6) is 0 Å². The minimum atomic E-state index is 0.676. The molecule has 48 valence electrons. The summed E-state index contributed by atoms with van der Waals surface area (Å²) in [6, 6.07) is 0. The van der Waals surface area contributed by atoms with Crippen LogP contribution in [0.25, 0.3) is 0 Å². The number of rotatable bonds is 0. The second kappa shape index (κ2) is 4.96. The molecule has 1 heterocycles. The Kier molecular flexibility index (Phi) is 4.30. The van der Waals surface area contributed by atoms with Crippen molar-refractivity contribution in [2.75, 3.05) is 0 Å². The molecular weight excluding hydrogens is 138 g/mol. The van der Waals surface area contributed by atoms with E-state index < -0.39 is 0 Å². The van der Waals surface area contributed by atoms with Crippen LogP contribution in [0, 0.1) is 10.2 Å². The van der Waals surface area contributed by atoms with Crippen molar-refractivity contribution in [1.29, 1.82) is 5.41 Å². The fraction of sp³-hybridized carbons (Fsp3) is 0. The largest absolute Gasteiger partial charge is 0.338 e. The Morgan fingerprint density at radius 2 is 1.89 bits per heavy atom. The van der Waals surface area contributed by atoms with Gasteiger partial charge in [-0.2, -0.15) is 0 Å². The first kappa shape index (κ1) is 7.81. The highest BCUT2D eigenvalue weighted by atomic mass is 32.1. The molecule has 0 bridgehead atoms. The predicted molar refractivity (Wildman–Crippen MR) is 34.4 cm³/mol. The van der Waals surface area contributed by atoms with E-state index in [4.69, 9.17) is 10.2 Å². The van der Waals surface area contributed by atoms with Gasteiger partial charge in [-0.1, -0.05) is 0 Å². The van der Waals surface area contributed by atoms with Crippen LogP contribution >= 0.6 is 12.2 Å². The molecule has 1 aromatic heterocycles. The van der Waals surface area contributed by atoms with Gasteiger partial charge in [-0.15, -0.1) is 0 Å². The standard InChI is InChI=1S/C3H4N2S.CHNO/c6-3-4-1-2-5-3;2-1-3/h1-2H,(H2,4,5,6);2H. The van der Waals surface area contributed by atoms with Crippen LogP contribution in [-0.4, -0.2) is 16.0 Å². The quantitative estimate of drug-likeness (QED) is 0.287. The summed E-state index contributed by atoms with van der Waals surface area (Å²) in [6.45, 7) is 0. The SMILES string of the molecule is N=C=O.S=c1[nH]cc[nH]1. The van der Waals surface area contributed by atoms with Crippen molar-refractivity contribution in [3.63, 3.8) is 0 Å². The van der Waals surface area contributed by atoms with Crippen molar-refractivity contribution in [2.24, 2.45) is 0 Å². The topological polar surface area (TPSA) is 72.5 Å². The molecule has 0 spiro atoms. The number of carbonyl (C=O) groups excluding carboxylic acids is 1. The Morgan fingerprint density at radius 1 is 1.56 bits per heavy atom. The molecule has 0 saturated carbocycles. The van der Waals surface area contributed by atoms with E-state index in [1.165, 1.54) is 0 Å². The lowest BCUT2D eigenvalue weighted by molar-refractivity contribution is 0.563. The van der Waals surface area contributed by atoms with Gasteiger partial charge in [0.15, 0.2) is 4.77 Å². The van der Waals surface area contributed by atoms with Crippen molar-refractivity contribution < 1.29 is 4.79 Å². The maximum atomic E-state index is 8.35. The molecule has 0 fully saturated rings. The molecule has 0 saturated heterocycles. The summed E-state index contributed by atoms with van der Waals surface area (Å²) in [5.74, 6) is 0. The van der Waals surface area contributed by atoms with Gasteiger partial charge in [-0.05, 0) is 12.2 Å². The number of aromatic nitrogens is 2. The Balaban J connectivity index is 0.000000187. The molecule has 0 amide bonds. The summed E-state index contributed by atoms with van der Waals surface area (Å²) in [5, 5.41) is 5.40. The zero-order valence-corrected chi connectivity index (χ0v) is 5.29. The van der Waals surface area contributed by atoms with Crippen molar-refractivity contribution in [3.8, 4) is 0 Å². The van der Waals surface area contributed by atoms with E-state index in [1.54, 1.807) is 12.4 Å². The summed E-state index contributed by atoms with van der Waals surface area (Å²) in [5.41, 5.74) is 0. The fourth-order valence-electron chi connectivity index (χ4n) is 0.276. The van der Waals surface area contributed by atoms with Crippen LogP contribution in [0.15, 0.2) is 12.4 Å². The van der Waals surface area contributed by atoms with Gasteiger partial charge < -0.3 is 9.97 Å². The molecule has 0 unspecified atom stereocenters. The smallest absolute Gasteiger partial charge is 0.231 e. The highest BCUT2D eigenvalue weighted by molar-refractivity contribution is 7.71. The van der Waals surface area contributed by atoms with E-state index in [9.17, 15) is 0 Å². The zero-order chi connectivity index (χ0) is 7.11. The number of H-pyrrole nitrogens is 2. The number of aromatic amines is 2. The van der Waals surface area contributed by atoms with Gasteiger partial charge in [0.05, 0.1) is 0 Å². The van der Waals surface area contributed by atoms with Gasteiger partial charge in [-0.3, -0.25) is 0 Å². The van der Waals surface area contributed by atoms with Crippen LogP contribution in [0.2, 0.25) is 0 Å². The lowest BCUT2D eigenvalue weighted by atomic mass is 11.0. The Bertz CT molecular complexity index is 215. The van der Waals surface area contributed by atoms with Crippen molar-refractivity contribution in [3.05, 3.63) is 17.2 Å². The lowest BCUT2D eigenvalue weighted by Gasteiger charge is -1.56. The monoisotopic (exact) mass is 143 g/mol. The summed E-state index contributed by atoms with van der Waals surface area (Å²) < 4.78 is 0.676. The maximum absolute atomic E-state index is 8.35. The summed E-state index contributed by atoms with van der Waals surface area (Å²) in [7, 11) is 0. The average molecular weight is 143 g/mol. The van der Waals surface area contributed by atoms with E-state index in [0.29, 0.717) is 4.77 Å². The van der Waals surface area contributed by atoms with Crippen molar-refractivity contribution in [1.82, 2.24) is 9.97 Å². The second-order valence-corrected chi connectivity index (χ2v) is 1.46. The molecular formula is C4H5N3OS. The minimum absolute atomic E-state index is 0.676. The lowest BCUT2D eigenvalue weighted by Crippen LogP contribution is -1.54. The van der Waals surface area contributed by atoms with Crippen LogP contribution in [-0.2, 0) is 4.79 Å². The number of nitrogens with one attached hydrogen (secondary N) is 3. The van der Waals surface area contributed by atoms with Crippen LogP contribution < -0.4 is 0 Å². The molecule has 4 nitrogen and oxygen atoms in total. The first-order valence-corrected chi connectivity index (χ1v) is 2.48. The Morgan fingerprint density at radius 3 is 2.00 bits per heavy atom. The van der Waals surface area contributed by atoms with E-state index in [-0.39, 0.29) is 0 Å². The van der Waals surface area contributed by atoms with Gasteiger partial charge in [0.1, 0.15) is 0 Å². The molecule has 0 aliphatic carbocycles. The van der Waals surface area contributed by atoms with E-state index in [1.807, 2.05) is 0 Å². The third kappa shape index (κ3) is 4.67. The number of imidazole rings is 1. The first-order chi connectivity index (χ1) is 4.31. The zero-order valence-electron chi connectivity index (χ0n) is 4.47. The summed E-state index contributed by atoms with van der Waals surface area (Å²) >= 11 is 4.63. The molecule has 1 aromatic rings. The Labute approximate surface area is 56.4 Å². The molecule has 0 aliphatic rings.